The number of hydrogen-bond acceptors (Lipinski definition) is 5. The summed E-state index contributed by atoms with van der Waals surface area (Å²) in [6, 6.07) is 9.84. The molecule has 2 heterocycles. The van der Waals surface area contributed by atoms with Gasteiger partial charge in [0.05, 0.1) is 24.1 Å². The lowest BCUT2D eigenvalue weighted by atomic mass is 9.84. The predicted molar refractivity (Wildman–Crippen MR) is 93.0 cm³/mol. The third-order valence-electron chi connectivity index (χ3n) is 4.70. The molecule has 0 unspecified atom stereocenters. The number of carbonyl (C=O) groups excluding carboxylic acids is 1. The maximum absolute atomic E-state index is 12.6. The number of nitrogens with one attached hydrogen (secondary N) is 2. The van der Waals surface area contributed by atoms with Gasteiger partial charge in [0, 0.05) is 24.7 Å². The van der Waals surface area contributed by atoms with Crippen LogP contribution in [0.3, 0.4) is 0 Å². The highest BCUT2D eigenvalue weighted by molar-refractivity contribution is 5.80. The lowest BCUT2D eigenvalue weighted by Gasteiger charge is -2.30. The van der Waals surface area contributed by atoms with E-state index in [1.807, 2.05) is 35.2 Å². The lowest BCUT2D eigenvalue weighted by Crippen LogP contribution is -2.39. The summed E-state index contributed by atoms with van der Waals surface area (Å²) in [5.74, 6) is 1.04. The largest absolute Gasteiger partial charge is 0.380 e. The molecule has 0 bridgehead atoms. The Labute approximate surface area is 141 Å². The van der Waals surface area contributed by atoms with Gasteiger partial charge in [0.25, 0.3) is 0 Å². The summed E-state index contributed by atoms with van der Waals surface area (Å²) in [5, 5.41) is 6.54. The number of benzene rings is 1. The lowest BCUT2D eigenvalue weighted by molar-refractivity contribution is -0.138. The van der Waals surface area contributed by atoms with Gasteiger partial charge in [-0.2, -0.15) is 0 Å². The van der Waals surface area contributed by atoms with Gasteiger partial charge in [-0.3, -0.25) is 4.79 Å². The molecule has 6 heteroatoms. The Morgan fingerprint density at radius 3 is 2.83 bits per heavy atom. The van der Waals surface area contributed by atoms with Crippen molar-refractivity contribution in [2.45, 2.75) is 25.8 Å². The quantitative estimate of drug-likeness (QED) is 0.909. The Kier molecular flexibility index (Phi) is 4.02. The second-order valence-electron chi connectivity index (χ2n) is 6.36. The Morgan fingerprint density at radius 1 is 1.25 bits per heavy atom. The summed E-state index contributed by atoms with van der Waals surface area (Å²) in [6.45, 7) is 2.00. The molecule has 1 aliphatic heterocycles. The minimum atomic E-state index is 0.218. The zero-order valence-electron chi connectivity index (χ0n) is 13.5. The topological polar surface area (TPSA) is 70.2 Å². The fourth-order valence-electron chi connectivity index (χ4n) is 3.08. The standard InChI is InChI=1S/C18H21N5O/c24-17(13-5-4-6-13)23-10-9-19-15-11-20-18(22-16(15)12-23)21-14-7-2-1-3-8-14/h1-3,7-8,11,13,19H,4-6,9-10,12H2,(H,20,21,22). The van der Waals surface area contributed by atoms with Gasteiger partial charge in [-0.05, 0) is 25.0 Å². The van der Waals surface area contributed by atoms with Crippen LogP contribution in [0.1, 0.15) is 25.0 Å². The molecule has 1 amide bonds. The Balaban J connectivity index is 1.53. The second-order valence-corrected chi connectivity index (χ2v) is 6.36. The summed E-state index contributed by atoms with van der Waals surface area (Å²) in [5.41, 5.74) is 2.73. The van der Waals surface area contributed by atoms with Crippen LogP contribution in [0, 0.1) is 5.92 Å². The van der Waals surface area contributed by atoms with Crippen molar-refractivity contribution in [3.05, 3.63) is 42.2 Å². The van der Waals surface area contributed by atoms with E-state index in [1.54, 1.807) is 6.20 Å². The Morgan fingerprint density at radius 2 is 2.08 bits per heavy atom. The molecule has 1 fully saturated rings. The number of amides is 1. The number of aromatic nitrogens is 2. The van der Waals surface area contributed by atoms with E-state index >= 15 is 0 Å². The van der Waals surface area contributed by atoms with Crippen molar-refractivity contribution >= 4 is 23.2 Å². The minimum Gasteiger partial charge on any atom is -0.380 e. The number of nitrogens with zero attached hydrogens (tertiary/aromatic N) is 3. The molecule has 2 aliphatic rings. The van der Waals surface area contributed by atoms with Crippen molar-refractivity contribution in [2.24, 2.45) is 5.92 Å². The molecule has 24 heavy (non-hydrogen) atoms. The van der Waals surface area contributed by atoms with Crippen LogP contribution in [0.2, 0.25) is 0 Å². The average molecular weight is 323 g/mol. The molecule has 1 aromatic heterocycles. The minimum absolute atomic E-state index is 0.218. The average Bonchev–Trinajstić information content (AvgIpc) is 2.76. The van der Waals surface area contributed by atoms with E-state index in [1.165, 1.54) is 6.42 Å². The van der Waals surface area contributed by atoms with Gasteiger partial charge in [-0.15, -0.1) is 0 Å². The molecule has 124 valence electrons. The van der Waals surface area contributed by atoms with Crippen LogP contribution in [0.5, 0.6) is 0 Å². The monoisotopic (exact) mass is 323 g/mol. The molecule has 4 rings (SSSR count). The third kappa shape index (κ3) is 3.04. The summed E-state index contributed by atoms with van der Waals surface area (Å²) in [6.07, 6.45) is 5.03. The molecule has 0 saturated heterocycles. The number of para-hydroxylation sites is 1. The van der Waals surface area contributed by atoms with Crippen molar-refractivity contribution in [1.82, 2.24) is 14.9 Å². The number of rotatable bonds is 3. The van der Waals surface area contributed by atoms with Gasteiger partial charge in [-0.1, -0.05) is 24.6 Å². The van der Waals surface area contributed by atoms with E-state index in [0.717, 1.165) is 36.5 Å². The summed E-state index contributed by atoms with van der Waals surface area (Å²) in [4.78, 5) is 23.5. The molecule has 0 atom stereocenters. The predicted octanol–water partition coefficient (Wildman–Crippen LogP) is 2.77. The van der Waals surface area contributed by atoms with Crippen LogP contribution >= 0.6 is 0 Å². The normalized spacial score (nSPS) is 17.2. The molecule has 1 aromatic carbocycles. The van der Waals surface area contributed by atoms with Crippen molar-refractivity contribution in [2.75, 3.05) is 23.7 Å². The fourth-order valence-corrected chi connectivity index (χ4v) is 3.08. The van der Waals surface area contributed by atoms with Gasteiger partial charge < -0.3 is 15.5 Å². The molecule has 0 spiro atoms. The van der Waals surface area contributed by atoms with Crippen LogP contribution in [-0.4, -0.2) is 33.9 Å². The number of carbonyl (C=O) groups is 1. The SMILES string of the molecule is O=C(C1CCC1)N1CCNc2cnc(Nc3ccccc3)nc2C1. The van der Waals surface area contributed by atoms with E-state index in [4.69, 9.17) is 0 Å². The van der Waals surface area contributed by atoms with Gasteiger partial charge in [0.1, 0.15) is 0 Å². The van der Waals surface area contributed by atoms with E-state index in [2.05, 4.69) is 20.6 Å². The highest BCUT2D eigenvalue weighted by atomic mass is 16.2. The van der Waals surface area contributed by atoms with Crippen LogP contribution in [-0.2, 0) is 11.3 Å². The maximum Gasteiger partial charge on any atom is 0.227 e. The van der Waals surface area contributed by atoms with Crippen LogP contribution in [0.25, 0.3) is 0 Å². The Hall–Kier alpha value is -2.63. The van der Waals surface area contributed by atoms with E-state index in [0.29, 0.717) is 19.0 Å². The first-order valence-electron chi connectivity index (χ1n) is 8.50. The second kappa shape index (κ2) is 6.47. The van der Waals surface area contributed by atoms with E-state index < -0.39 is 0 Å². The van der Waals surface area contributed by atoms with Gasteiger partial charge in [-0.25, -0.2) is 9.97 Å². The number of anilines is 3. The Bertz CT molecular complexity index is 729. The molecule has 1 saturated carbocycles. The molecular weight excluding hydrogens is 302 g/mol. The van der Waals surface area contributed by atoms with Crippen molar-refractivity contribution in [3.8, 4) is 0 Å². The third-order valence-corrected chi connectivity index (χ3v) is 4.70. The van der Waals surface area contributed by atoms with Gasteiger partial charge in [0.15, 0.2) is 0 Å². The zero-order valence-corrected chi connectivity index (χ0v) is 13.5. The summed E-state index contributed by atoms with van der Waals surface area (Å²) < 4.78 is 0. The van der Waals surface area contributed by atoms with Crippen molar-refractivity contribution in [1.29, 1.82) is 0 Å². The number of fused-ring (bicyclic) bond motifs is 1. The first-order valence-corrected chi connectivity index (χ1v) is 8.50. The first kappa shape index (κ1) is 14.9. The van der Waals surface area contributed by atoms with Crippen LogP contribution in [0.15, 0.2) is 36.5 Å². The summed E-state index contributed by atoms with van der Waals surface area (Å²) >= 11 is 0. The fraction of sp³-hybridized carbons (Fsp3) is 0.389. The number of hydrogen-bond donors (Lipinski definition) is 2. The molecular formula is C18H21N5O. The molecule has 2 aromatic rings. The molecule has 1 aliphatic carbocycles. The van der Waals surface area contributed by atoms with E-state index in [-0.39, 0.29) is 11.8 Å². The molecule has 6 nitrogen and oxygen atoms in total. The molecule has 0 radical (unpaired) electrons. The maximum atomic E-state index is 12.6. The summed E-state index contributed by atoms with van der Waals surface area (Å²) in [7, 11) is 0. The zero-order chi connectivity index (χ0) is 16.4. The van der Waals surface area contributed by atoms with Gasteiger partial charge >= 0.3 is 0 Å². The highest BCUT2D eigenvalue weighted by Crippen LogP contribution is 2.30. The van der Waals surface area contributed by atoms with Crippen LogP contribution in [0.4, 0.5) is 17.3 Å². The van der Waals surface area contributed by atoms with Crippen LogP contribution < -0.4 is 10.6 Å². The molecule has 2 N–H and O–H groups in total. The smallest absolute Gasteiger partial charge is 0.227 e. The first-order chi connectivity index (χ1) is 11.8. The van der Waals surface area contributed by atoms with Gasteiger partial charge in [0.2, 0.25) is 11.9 Å². The van der Waals surface area contributed by atoms with E-state index in [9.17, 15) is 4.79 Å². The van der Waals surface area contributed by atoms with Crippen molar-refractivity contribution in [3.63, 3.8) is 0 Å². The highest BCUT2D eigenvalue weighted by Gasteiger charge is 2.30. The van der Waals surface area contributed by atoms with Crippen molar-refractivity contribution < 1.29 is 4.79 Å².